The SMILES string of the molecule is NNC(=O)c1ccc(OCC(=O)Nc2cccc(Cl)c2)cc1. The Morgan fingerprint density at radius 1 is 1.14 bits per heavy atom. The summed E-state index contributed by atoms with van der Waals surface area (Å²) in [5.41, 5.74) is 3.02. The molecule has 2 aromatic rings. The van der Waals surface area contributed by atoms with Gasteiger partial charge in [-0.05, 0) is 42.5 Å². The molecule has 0 aliphatic carbocycles. The number of benzene rings is 2. The predicted molar refractivity (Wildman–Crippen MR) is 83.7 cm³/mol. The lowest BCUT2D eigenvalue weighted by Crippen LogP contribution is -2.29. The van der Waals surface area contributed by atoms with Gasteiger partial charge in [0.15, 0.2) is 6.61 Å². The minimum atomic E-state index is -0.398. The number of halogens is 1. The van der Waals surface area contributed by atoms with Crippen molar-refractivity contribution in [3.63, 3.8) is 0 Å². The summed E-state index contributed by atoms with van der Waals surface area (Å²) in [5, 5.41) is 3.20. The van der Waals surface area contributed by atoms with E-state index in [1.54, 1.807) is 48.5 Å². The molecule has 2 aromatic carbocycles. The van der Waals surface area contributed by atoms with Gasteiger partial charge in [0, 0.05) is 16.3 Å². The molecule has 2 amide bonds. The van der Waals surface area contributed by atoms with Crippen LogP contribution in [0.1, 0.15) is 10.4 Å². The molecule has 0 saturated carbocycles. The van der Waals surface area contributed by atoms with Gasteiger partial charge in [-0.2, -0.15) is 0 Å². The van der Waals surface area contributed by atoms with Crippen LogP contribution in [0.3, 0.4) is 0 Å². The number of hydrogen-bond donors (Lipinski definition) is 3. The van der Waals surface area contributed by atoms with Gasteiger partial charge in [-0.25, -0.2) is 5.84 Å². The van der Waals surface area contributed by atoms with E-state index in [1.165, 1.54) is 0 Å². The van der Waals surface area contributed by atoms with E-state index < -0.39 is 5.91 Å². The molecule has 0 fully saturated rings. The van der Waals surface area contributed by atoms with Gasteiger partial charge in [-0.3, -0.25) is 15.0 Å². The van der Waals surface area contributed by atoms with Crippen LogP contribution in [-0.4, -0.2) is 18.4 Å². The number of anilines is 1. The highest BCUT2D eigenvalue weighted by Crippen LogP contribution is 2.15. The molecule has 7 heteroatoms. The van der Waals surface area contributed by atoms with Crippen molar-refractivity contribution in [1.29, 1.82) is 0 Å². The molecule has 0 aliphatic heterocycles. The second-order valence-corrected chi connectivity index (χ2v) is 4.78. The molecule has 0 unspecified atom stereocenters. The minimum Gasteiger partial charge on any atom is -0.484 e. The molecule has 0 saturated heterocycles. The molecule has 114 valence electrons. The smallest absolute Gasteiger partial charge is 0.265 e. The molecule has 0 aliphatic rings. The van der Waals surface area contributed by atoms with E-state index >= 15 is 0 Å². The number of hydrazine groups is 1. The van der Waals surface area contributed by atoms with Gasteiger partial charge in [0.2, 0.25) is 0 Å². The van der Waals surface area contributed by atoms with Crippen molar-refractivity contribution in [3.05, 3.63) is 59.1 Å². The molecule has 6 nitrogen and oxygen atoms in total. The van der Waals surface area contributed by atoms with Gasteiger partial charge < -0.3 is 10.1 Å². The zero-order chi connectivity index (χ0) is 15.9. The Labute approximate surface area is 132 Å². The molecule has 0 aromatic heterocycles. The summed E-state index contributed by atoms with van der Waals surface area (Å²) >= 11 is 5.83. The van der Waals surface area contributed by atoms with Gasteiger partial charge in [0.05, 0.1) is 0 Å². The lowest BCUT2D eigenvalue weighted by molar-refractivity contribution is -0.118. The summed E-state index contributed by atoms with van der Waals surface area (Å²) in [7, 11) is 0. The summed E-state index contributed by atoms with van der Waals surface area (Å²) in [5.74, 6) is 4.79. The normalized spacial score (nSPS) is 9.91. The summed E-state index contributed by atoms with van der Waals surface area (Å²) in [6.07, 6.45) is 0. The molecule has 0 bridgehead atoms. The summed E-state index contributed by atoms with van der Waals surface area (Å²) in [6.45, 7) is -0.158. The van der Waals surface area contributed by atoms with E-state index in [0.29, 0.717) is 22.0 Å². The minimum absolute atomic E-state index is 0.158. The Bertz CT molecular complexity index is 674. The van der Waals surface area contributed by atoms with Crippen LogP contribution in [0.15, 0.2) is 48.5 Å². The maximum Gasteiger partial charge on any atom is 0.265 e. The van der Waals surface area contributed by atoms with Gasteiger partial charge in [-0.1, -0.05) is 17.7 Å². The van der Waals surface area contributed by atoms with Crippen molar-refractivity contribution in [2.45, 2.75) is 0 Å². The van der Waals surface area contributed by atoms with E-state index in [-0.39, 0.29) is 12.5 Å². The molecule has 0 radical (unpaired) electrons. The molecule has 0 heterocycles. The number of nitrogens with one attached hydrogen (secondary N) is 2. The Hall–Kier alpha value is -2.57. The molecule has 0 spiro atoms. The fourth-order valence-corrected chi connectivity index (χ4v) is 1.89. The number of hydrogen-bond acceptors (Lipinski definition) is 4. The van der Waals surface area contributed by atoms with Crippen LogP contribution in [0.25, 0.3) is 0 Å². The number of carbonyl (C=O) groups is 2. The number of carbonyl (C=O) groups excluding carboxylic acids is 2. The van der Waals surface area contributed by atoms with Crippen LogP contribution in [0.4, 0.5) is 5.69 Å². The highest BCUT2D eigenvalue weighted by Gasteiger charge is 2.06. The third-order valence-electron chi connectivity index (χ3n) is 2.73. The van der Waals surface area contributed by atoms with E-state index in [1.807, 2.05) is 5.43 Å². The van der Waals surface area contributed by atoms with Crippen molar-refractivity contribution < 1.29 is 14.3 Å². The first-order chi connectivity index (χ1) is 10.6. The fourth-order valence-electron chi connectivity index (χ4n) is 1.70. The lowest BCUT2D eigenvalue weighted by atomic mass is 10.2. The Morgan fingerprint density at radius 2 is 1.86 bits per heavy atom. The molecule has 0 atom stereocenters. The lowest BCUT2D eigenvalue weighted by Gasteiger charge is -2.08. The highest BCUT2D eigenvalue weighted by molar-refractivity contribution is 6.30. The average molecular weight is 320 g/mol. The molecular formula is C15H14ClN3O3. The van der Waals surface area contributed by atoms with Crippen LogP contribution < -0.4 is 21.3 Å². The van der Waals surface area contributed by atoms with Crippen molar-refractivity contribution in [3.8, 4) is 5.75 Å². The Morgan fingerprint density at radius 3 is 2.50 bits per heavy atom. The quantitative estimate of drug-likeness (QED) is 0.446. The van der Waals surface area contributed by atoms with Crippen molar-refractivity contribution in [2.75, 3.05) is 11.9 Å². The number of nitrogens with two attached hydrogens (primary N) is 1. The standard InChI is InChI=1S/C15H14ClN3O3/c16-11-2-1-3-12(8-11)18-14(20)9-22-13-6-4-10(5-7-13)15(21)19-17/h1-8H,9,17H2,(H,18,20)(H,19,21). The van der Waals surface area contributed by atoms with Crippen molar-refractivity contribution in [1.82, 2.24) is 5.43 Å². The van der Waals surface area contributed by atoms with Crippen molar-refractivity contribution in [2.24, 2.45) is 5.84 Å². The van der Waals surface area contributed by atoms with Gasteiger partial charge in [0.1, 0.15) is 5.75 Å². The number of rotatable bonds is 5. The molecule has 22 heavy (non-hydrogen) atoms. The van der Waals surface area contributed by atoms with Crippen LogP contribution >= 0.6 is 11.6 Å². The molecule has 4 N–H and O–H groups in total. The third kappa shape index (κ3) is 4.47. The summed E-state index contributed by atoms with van der Waals surface area (Å²) in [4.78, 5) is 23.0. The maximum absolute atomic E-state index is 11.8. The third-order valence-corrected chi connectivity index (χ3v) is 2.96. The number of amides is 2. The molecule has 2 rings (SSSR count). The van der Waals surface area contributed by atoms with E-state index in [0.717, 1.165) is 0 Å². The second kappa shape index (κ2) is 7.44. The van der Waals surface area contributed by atoms with Crippen LogP contribution in [0.2, 0.25) is 5.02 Å². The van der Waals surface area contributed by atoms with E-state index in [4.69, 9.17) is 22.2 Å². The first kappa shape index (κ1) is 15.8. The van der Waals surface area contributed by atoms with E-state index in [9.17, 15) is 9.59 Å². The maximum atomic E-state index is 11.8. The Kier molecular flexibility index (Phi) is 5.35. The number of ether oxygens (including phenoxy) is 1. The fraction of sp³-hybridized carbons (Fsp3) is 0.0667. The zero-order valence-corrected chi connectivity index (χ0v) is 12.3. The monoisotopic (exact) mass is 319 g/mol. The predicted octanol–water partition coefficient (Wildman–Crippen LogP) is 1.96. The first-order valence-electron chi connectivity index (χ1n) is 6.37. The van der Waals surface area contributed by atoms with Gasteiger partial charge >= 0.3 is 0 Å². The first-order valence-corrected chi connectivity index (χ1v) is 6.75. The topological polar surface area (TPSA) is 93.4 Å². The highest BCUT2D eigenvalue weighted by atomic mass is 35.5. The van der Waals surface area contributed by atoms with Crippen LogP contribution in [0.5, 0.6) is 5.75 Å². The van der Waals surface area contributed by atoms with E-state index in [2.05, 4.69) is 5.32 Å². The number of nitrogen functional groups attached to an aromatic ring is 1. The second-order valence-electron chi connectivity index (χ2n) is 4.35. The zero-order valence-electron chi connectivity index (χ0n) is 11.5. The van der Waals surface area contributed by atoms with Crippen LogP contribution in [-0.2, 0) is 4.79 Å². The van der Waals surface area contributed by atoms with Gasteiger partial charge in [0.25, 0.3) is 11.8 Å². The van der Waals surface area contributed by atoms with Gasteiger partial charge in [-0.15, -0.1) is 0 Å². The largest absolute Gasteiger partial charge is 0.484 e. The van der Waals surface area contributed by atoms with Crippen LogP contribution in [0, 0.1) is 0 Å². The average Bonchev–Trinajstić information content (AvgIpc) is 2.52. The summed E-state index contributed by atoms with van der Waals surface area (Å²) < 4.78 is 5.33. The molecular weight excluding hydrogens is 306 g/mol. The van der Waals surface area contributed by atoms with Crippen molar-refractivity contribution >= 4 is 29.1 Å². The Balaban J connectivity index is 1.87. The summed E-state index contributed by atoms with van der Waals surface area (Å²) in [6, 6.07) is 13.1.